The predicted molar refractivity (Wildman–Crippen MR) is 69.0 cm³/mol. The first-order valence-electron chi connectivity index (χ1n) is 5.35. The van der Waals surface area contributed by atoms with Crippen LogP contribution < -0.4 is 4.87 Å². The quantitative estimate of drug-likeness (QED) is 0.727. The lowest BCUT2D eigenvalue weighted by Crippen LogP contribution is -2.18. The molecule has 3 aromatic rings. The first-order chi connectivity index (χ1) is 8.75. The van der Waals surface area contributed by atoms with Crippen molar-refractivity contribution in [1.82, 2.24) is 14.5 Å². The summed E-state index contributed by atoms with van der Waals surface area (Å²) in [6.07, 6.45) is 4.92. The summed E-state index contributed by atoms with van der Waals surface area (Å²) in [5.74, 6) is -0.102. The van der Waals surface area contributed by atoms with E-state index in [1.165, 1.54) is 4.57 Å². The minimum Gasteiger partial charge on any atom is -0.345 e. The number of H-pyrrole nitrogens is 1. The Hall–Kier alpha value is -2.21. The maximum absolute atomic E-state index is 12.1. The molecular formula is C12H9N3O2S. The molecule has 3 heterocycles. The van der Waals surface area contributed by atoms with Crippen molar-refractivity contribution >= 4 is 28.2 Å². The van der Waals surface area contributed by atoms with Crippen molar-refractivity contribution in [2.24, 2.45) is 0 Å². The Morgan fingerprint density at radius 2 is 2.39 bits per heavy atom. The number of hydrogen-bond donors (Lipinski definition) is 1. The van der Waals surface area contributed by atoms with Gasteiger partial charge in [0.2, 0.25) is 0 Å². The van der Waals surface area contributed by atoms with E-state index in [9.17, 15) is 9.59 Å². The second kappa shape index (κ2) is 4.23. The molecule has 0 saturated carbocycles. The van der Waals surface area contributed by atoms with E-state index in [0.717, 1.165) is 16.7 Å². The number of rotatable bonds is 3. The number of ketones is 1. The van der Waals surface area contributed by atoms with Crippen molar-refractivity contribution in [3.8, 4) is 0 Å². The van der Waals surface area contributed by atoms with Crippen LogP contribution in [0.2, 0.25) is 0 Å². The van der Waals surface area contributed by atoms with Gasteiger partial charge in [-0.25, -0.2) is 4.98 Å². The van der Waals surface area contributed by atoms with Gasteiger partial charge in [0.25, 0.3) is 0 Å². The Balaban J connectivity index is 1.98. The third-order valence-electron chi connectivity index (χ3n) is 2.71. The smallest absolute Gasteiger partial charge is 0.307 e. The fourth-order valence-electron chi connectivity index (χ4n) is 1.83. The lowest BCUT2D eigenvalue weighted by molar-refractivity contribution is 0.0973. The number of aromatic amines is 1. The lowest BCUT2D eigenvalue weighted by atomic mass is 10.1. The SMILES string of the molecule is O=C(Cn1ccsc1=O)c1c[nH]c2ncccc12. The number of carbonyl (C=O) groups is 1. The van der Waals surface area contributed by atoms with E-state index in [0.29, 0.717) is 11.2 Å². The van der Waals surface area contributed by atoms with Gasteiger partial charge in [-0.3, -0.25) is 14.2 Å². The van der Waals surface area contributed by atoms with Gasteiger partial charge in [-0.15, -0.1) is 0 Å². The number of thiazole rings is 1. The molecule has 0 aliphatic carbocycles. The van der Waals surface area contributed by atoms with E-state index in [1.807, 2.05) is 6.07 Å². The molecule has 0 bridgehead atoms. The highest BCUT2D eigenvalue weighted by Crippen LogP contribution is 2.16. The van der Waals surface area contributed by atoms with E-state index < -0.39 is 0 Å². The Kier molecular flexibility index (Phi) is 2.56. The van der Waals surface area contributed by atoms with Crippen LogP contribution in [0.3, 0.4) is 0 Å². The number of Topliss-reactive ketones (excluding diaryl/α,β-unsaturated/α-hetero) is 1. The number of pyridine rings is 1. The van der Waals surface area contributed by atoms with Crippen molar-refractivity contribution in [1.29, 1.82) is 0 Å². The number of fused-ring (bicyclic) bond motifs is 1. The van der Waals surface area contributed by atoms with Gasteiger partial charge < -0.3 is 4.98 Å². The first kappa shape index (κ1) is 10.9. The number of nitrogens with one attached hydrogen (secondary N) is 1. The van der Waals surface area contributed by atoms with E-state index in [4.69, 9.17) is 0 Å². The van der Waals surface area contributed by atoms with Gasteiger partial charge in [0.1, 0.15) is 5.65 Å². The first-order valence-corrected chi connectivity index (χ1v) is 6.23. The molecule has 3 aromatic heterocycles. The van der Waals surface area contributed by atoms with Crippen LogP contribution in [-0.2, 0) is 6.54 Å². The summed E-state index contributed by atoms with van der Waals surface area (Å²) >= 11 is 1.08. The Morgan fingerprint density at radius 3 is 3.17 bits per heavy atom. The molecule has 0 atom stereocenters. The van der Waals surface area contributed by atoms with E-state index in [-0.39, 0.29) is 17.2 Å². The van der Waals surface area contributed by atoms with Crippen molar-refractivity contribution in [3.63, 3.8) is 0 Å². The molecule has 0 amide bonds. The molecule has 0 unspecified atom stereocenters. The highest BCUT2D eigenvalue weighted by atomic mass is 32.1. The van der Waals surface area contributed by atoms with Crippen LogP contribution in [0.4, 0.5) is 0 Å². The molecule has 0 spiro atoms. The second-order valence-electron chi connectivity index (χ2n) is 3.82. The van der Waals surface area contributed by atoms with Gasteiger partial charge in [-0.1, -0.05) is 11.3 Å². The van der Waals surface area contributed by atoms with E-state index in [1.54, 1.807) is 30.0 Å². The third kappa shape index (κ3) is 1.76. The van der Waals surface area contributed by atoms with Crippen LogP contribution in [0.15, 0.2) is 40.9 Å². The number of aromatic nitrogens is 3. The molecule has 0 radical (unpaired) electrons. The second-order valence-corrected chi connectivity index (χ2v) is 4.68. The molecule has 3 rings (SSSR count). The Labute approximate surface area is 106 Å². The van der Waals surface area contributed by atoms with Crippen molar-refractivity contribution in [2.75, 3.05) is 0 Å². The minimum atomic E-state index is -0.124. The molecule has 0 saturated heterocycles. The highest BCUT2D eigenvalue weighted by molar-refractivity contribution is 7.07. The average molecular weight is 259 g/mol. The minimum absolute atomic E-state index is 0.0597. The van der Waals surface area contributed by atoms with Crippen LogP contribution in [0, 0.1) is 0 Å². The summed E-state index contributed by atoms with van der Waals surface area (Å²) < 4.78 is 1.40. The van der Waals surface area contributed by atoms with E-state index in [2.05, 4.69) is 9.97 Å². The maximum atomic E-state index is 12.1. The normalized spacial score (nSPS) is 10.9. The van der Waals surface area contributed by atoms with Crippen molar-refractivity contribution in [2.45, 2.75) is 6.54 Å². The molecule has 0 aromatic carbocycles. The predicted octanol–water partition coefficient (Wildman–Crippen LogP) is 1.67. The van der Waals surface area contributed by atoms with Crippen LogP contribution >= 0.6 is 11.3 Å². The third-order valence-corrected chi connectivity index (χ3v) is 3.40. The Bertz CT molecular complexity index is 769. The standard InChI is InChI=1S/C12H9N3O2S/c16-10(7-15-4-5-18-12(15)17)9-6-14-11-8(9)2-1-3-13-11/h1-6H,7H2,(H,13,14). The maximum Gasteiger partial charge on any atom is 0.307 e. The summed E-state index contributed by atoms with van der Waals surface area (Å²) in [7, 11) is 0. The molecule has 6 heteroatoms. The Morgan fingerprint density at radius 1 is 1.50 bits per heavy atom. The van der Waals surface area contributed by atoms with Crippen LogP contribution in [0.5, 0.6) is 0 Å². The molecule has 0 aliphatic heterocycles. The van der Waals surface area contributed by atoms with Gasteiger partial charge >= 0.3 is 4.87 Å². The lowest BCUT2D eigenvalue weighted by Gasteiger charge is -1.99. The van der Waals surface area contributed by atoms with Gasteiger partial charge in [0.05, 0.1) is 6.54 Å². The summed E-state index contributed by atoms with van der Waals surface area (Å²) in [5.41, 5.74) is 1.25. The fourth-order valence-corrected chi connectivity index (χ4v) is 2.42. The van der Waals surface area contributed by atoms with Crippen LogP contribution in [0.1, 0.15) is 10.4 Å². The van der Waals surface area contributed by atoms with Crippen LogP contribution in [-0.4, -0.2) is 20.3 Å². The van der Waals surface area contributed by atoms with Gasteiger partial charge in [-0.2, -0.15) is 0 Å². The largest absolute Gasteiger partial charge is 0.345 e. The zero-order valence-corrected chi connectivity index (χ0v) is 10.1. The number of nitrogens with zero attached hydrogens (tertiary/aromatic N) is 2. The summed E-state index contributed by atoms with van der Waals surface area (Å²) in [6, 6.07) is 3.62. The number of hydrogen-bond acceptors (Lipinski definition) is 4. The molecule has 90 valence electrons. The van der Waals surface area contributed by atoms with E-state index >= 15 is 0 Å². The molecule has 0 fully saturated rings. The van der Waals surface area contributed by atoms with Crippen molar-refractivity contribution in [3.05, 3.63) is 51.3 Å². The average Bonchev–Trinajstić information content (AvgIpc) is 2.96. The summed E-state index contributed by atoms with van der Waals surface area (Å²) in [6.45, 7) is 0.0597. The van der Waals surface area contributed by atoms with Crippen LogP contribution in [0.25, 0.3) is 11.0 Å². The molecule has 1 N–H and O–H groups in total. The molecular weight excluding hydrogens is 250 g/mol. The zero-order valence-electron chi connectivity index (χ0n) is 9.29. The molecule has 0 aliphatic rings. The molecule has 5 nitrogen and oxygen atoms in total. The van der Waals surface area contributed by atoms with Gasteiger partial charge in [-0.05, 0) is 12.1 Å². The van der Waals surface area contributed by atoms with Gasteiger partial charge in [0.15, 0.2) is 5.78 Å². The summed E-state index contributed by atoms with van der Waals surface area (Å²) in [4.78, 5) is 30.5. The highest BCUT2D eigenvalue weighted by Gasteiger charge is 2.13. The zero-order chi connectivity index (χ0) is 12.5. The topological polar surface area (TPSA) is 67.8 Å². The molecule has 18 heavy (non-hydrogen) atoms. The van der Waals surface area contributed by atoms with Gasteiger partial charge in [0, 0.05) is 34.9 Å². The monoisotopic (exact) mass is 259 g/mol. The summed E-state index contributed by atoms with van der Waals surface area (Å²) in [5, 5.41) is 2.46. The number of carbonyl (C=O) groups excluding carboxylic acids is 1. The fraction of sp³-hybridized carbons (Fsp3) is 0.0833. The van der Waals surface area contributed by atoms with Crippen molar-refractivity contribution < 1.29 is 4.79 Å².